The molecule has 0 aromatic carbocycles. The zero-order valence-corrected chi connectivity index (χ0v) is 11.7. The molecule has 0 aliphatic rings. The summed E-state index contributed by atoms with van der Waals surface area (Å²) in [5, 5.41) is 18.9. The van der Waals surface area contributed by atoms with Crippen molar-refractivity contribution in [1.82, 2.24) is 19.6 Å². The van der Waals surface area contributed by atoms with Crippen LogP contribution in [0.5, 0.6) is 0 Å². The number of nitrogens with two attached hydrogens (primary N) is 1. The number of aliphatic carboxylic acids is 1. The lowest BCUT2D eigenvalue weighted by molar-refractivity contribution is -0.137. The van der Waals surface area contributed by atoms with E-state index in [-0.39, 0.29) is 23.5 Å². The van der Waals surface area contributed by atoms with Gasteiger partial charge in [0, 0.05) is 18.9 Å². The normalized spacial score (nSPS) is 10.4. The molecule has 10 nitrogen and oxygen atoms in total. The van der Waals surface area contributed by atoms with Gasteiger partial charge in [0.25, 0.3) is 11.8 Å². The molecule has 0 spiro atoms. The first-order valence-electron chi connectivity index (χ1n) is 6.33. The first-order valence-corrected chi connectivity index (χ1v) is 6.33. The van der Waals surface area contributed by atoms with E-state index >= 15 is 0 Å². The second-order valence-electron chi connectivity index (χ2n) is 4.39. The maximum Gasteiger partial charge on any atom is 0.325 e. The Morgan fingerprint density at radius 2 is 2.05 bits per heavy atom. The maximum absolute atomic E-state index is 12.1. The average molecular weight is 306 g/mol. The molecule has 0 saturated heterocycles. The molecule has 0 bridgehead atoms. The van der Waals surface area contributed by atoms with E-state index in [0.717, 1.165) is 4.68 Å². The fraction of sp³-hybridized carbons (Fsp3) is 0.250. The number of nitrogens with zero attached hydrogens (tertiary/aromatic N) is 4. The SMILES string of the molecule is CCn1cc(NC(=O)c2cnn(CC(=O)O)c2)c(C(N)=O)n1. The summed E-state index contributed by atoms with van der Waals surface area (Å²) in [5.74, 6) is -2.38. The lowest BCUT2D eigenvalue weighted by Crippen LogP contribution is -2.17. The van der Waals surface area contributed by atoms with E-state index in [1.54, 1.807) is 0 Å². The Balaban J connectivity index is 2.18. The molecule has 2 aromatic heterocycles. The topological polar surface area (TPSA) is 145 Å². The van der Waals surface area contributed by atoms with Gasteiger partial charge in [0.05, 0.1) is 17.4 Å². The molecule has 0 saturated carbocycles. The molecule has 10 heteroatoms. The van der Waals surface area contributed by atoms with Crippen LogP contribution < -0.4 is 11.1 Å². The number of rotatable bonds is 6. The molecule has 0 fully saturated rings. The van der Waals surface area contributed by atoms with Crippen molar-refractivity contribution in [3.8, 4) is 0 Å². The average Bonchev–Trinajstić information content (AvgIpc) is 3.04. The number of hydrogen-bond acceptors (Lipinski definition) is 5. The van der Waals surface area contributed by atoms with E-state index < -0.39 is 17.8 Å². The van der Waals surface area contributed by atoms with Crippen LogP contribution in [0.3, 0.4) is 0 Å². The lowest BCUT2D eigenvalue weighted by atomic mass is 10.3. The van der Waals surface area contributed by atoms with Crippen molar-refractivity contribution in [1.29, 1.82) is 0 Å². The highest BCUT2D eigenvalue weighted by Crippen LogP contribution is 2.14. The largest absolute Gasteiger partial charge is 0.480 e. The van der Waals surface area contributed by atoms with Crippen molar-refractivity contribution in [3.63, 3.8) is 0 Å². The number of carbonyl (C=O) groups is 3. The summed E-state index contributed by atoms with van der Waals surface area (Å²) in [5.41, 5.74) is 5.50. The summed E-state index contributed by atoms with van der Waals surface area (Å²) in [4.78, 5) is 34.0. The van der Waals surface area contributed by atoms with Crippen molar-refractivity contribution in [3.05, 3.63) is 29.8 Å². The lowest BCUT2D eigenvalue weighted by Gasteiger charge is -2.01. The maximum atomic E-state index is 12.1. The van der Waals surface area contributed by atoms with Crippen LogP contribution in [0.2, 0.25) is 0 Å². The number of aryl methyl sites for hydroxylation is 1. The first-order chi connectivity index (χ1) is 10.4. The monoisotopic (exact) mass is 306 g/mol. The molecule has 2 heterocycles. The van der Waals surface area contributed by atoms with Crippen LogP contribution in [-0.4, -0.2) is 42.5 Å². The van der Waals surface area contributed by atoms with Gasteiger partial charge in [-0.15, -0.1) is 0 Å². The fourth-order valence-electron chi connectivity index (χ4n) is 1.76. The van der Waals surface area contributed by atoms with Crippen molar-refractivity contribution in [2.24, 2.45) is 5.73 Å². The second-order valence-corrected chi connectivity index (χ2v) is 4.39. The van der Waals surface area contributed by atoms with E-state index in [0.29, 0.717) is 6.54 Å². The number of primary amides is 1. The first kappa shape index (κ1) is 15.2. The van der Waals surface area contributed by atoms with Gasteiger partial charge >= 0.3 is 5.97 Å². The van der Waals surface area contributed by atoms with E-state index in [1.807, 2.05) is 6.92 Å². The number of amides is 2. The van der Waals surface area contributed by atoms with Crippen LogP contribution in [0.25, 0.3) is 0 Å². The molecule has 2 aromatic rings. The molecule has 0 aliphatic heterocycles. The van der Waals surface area contributed by atoms with Crippen molar-refractivity contribution in [2.75, 3.05) is 5.32 Å². The summed E-state index contributed by atoms with van der Waals surface area (Å²) in [6.45, 7) is 1.97. The molecule has 22 heavy (non-hydrogen) atoms. The van der Waals surface area contributed by atoms with Gasteiger partial charge < -0.3 is 16.2 Å². The zero-order chi connectivity index (χ0) is 16.3. The molecular formula is C12H14N6O4. The highest BCUT2D eigenvalue weighted by molar-refractivity contribution is 6.07. The Kier molecular flexibility index (Phi) is 4.20. The predicted octanol–water partition coefficient (Wildman–Crippen LogP) is -0.465. The van der Waals surface area contributed by atoms with Gasteiger partial charge in [-0.1, -0.05) is 0 Å². The number of carboxylic acids is 1. The third-order valence-electron chi connectivity index (χ3n) is 2.76. The van der Waals surface area contributed by atoms with Crippen LogP contribution in [0.1, 0.15) is 27.8 Å². The van der Waals surface area contributed by atoms with Gasteiger partial charge in [-0.25, -0.2) is 0 Å². The molecule has 2 rings (SSSR count). The molecule has 0 atom stereocenters. The summed E-state index contributed by atoms with van der Waals surface area (Å²) in [6.07, 6.45) is 4.00. The Bertz CT molecular complexity index is 732. The van der Waals surface area contributed by atoms with Gasteiger partial charge in [0.2, 0.25) is 0 Å². The molecule has 4 N–H and O–H groups in total. The van der Waals surface area contributed by atoms with E-state index in [9.17, 15) is 14.4 Å². The number of carbonyl (C=O) groups excluding carboxylic acids is 2. The molecular weight excluding hydrogens is 292 g/mol. The number of nitrogens with one attached hydrogen (secondary N) is 1. The van der Waals surface area contributed by atoms with E-state index in [1.165, 1.54) is 23.3 Å². The number of carboxylic acid groups (broad SMARTS) is 1. The van der Waals surface area contributed by atoms with Crippen LogP contribution >= 0.6 is 0 Å². The molecule has 116 valence electrons. The third kappa shape index (κ3) is 3.29. The van der Waals surface area contributed by atoms with Crippen molar-refractivity contribution < 1.29 is 19.5 Å². The summed E-state index contributed by atoms with van der Waals surface area (Å²) in [6, 6.07) is 0. The van der Waals surface area contributed by atoms with Gasteiger partial charge in [-0.05, 0) is 6.92 Å². The minimum absolute atomic E-state index is 0.0480. The minimum Gasteiger partial charge on any atom is -0.480 e. The van der Waals surface area contributed by atoms with Crippen LogP contribution in [0.4, 0.5) is 5.69 Å². The minimum atomic E-state index is -1.07. The second kappa shape index (κ2) is 6.08. The smallest absolute Gasteiger partial charge is 0.325 e. The Hall–Kier alpha value is -3.17. The van der Waals surface area contributed by atoms with Gasteiger partial charge in [-0.2, -0.15) is 10.2 Å². The van der Waals surface area contributed by atoms with Crippen molar-refractivity contribution >= 4 is 23.5 Å². The molecule has 0 unspecified atom stereocenters. The van der Waals surface area contributed by atoms with E-state index in [4.69, 9.17) is 10.8 Å². The number of hydrogen-bond donors (Lipinski definition) is 3. The number of anilines is 1. The summed E-state index contributed by atoms with van der Waals surface area (Å²) in [7, 11) is 0. The molecule has 0 aliphatic carbocycles. The van der Waals surface area contributed by atoms with Crippen LogP contribution in [0.15, 0.2) is 18.6 Å². The summed E-state index contributed by atoms with van der Waals surface area (Å²) < 4.78 is 2.57. The standard InChI is InChI=1S/C12H14N6O4/c1-2-17-5-8(10(16-17)11(13)21)15-12(22)7-3-14-18(4-7)6-9(19)20/h3-5H,2,6H2,1H3,(H2,13,21)(H,15,22)(H,19,20). The Morgan fingerprint density at radius 1 is 1.32 bits per heavy atom. The third-order valence-corrected chi connectivity index (χ3v) is 2.76. The number of aromatic nitrogens is 4. The Morgan fingerprint density at radius 3 is 2.64 bits per heavy atom. The summed E-state index contributed by atoms with van der Waals surface area (Å²) >= 11 is 0. The quantitative estimate of drug-likeness (QED) is 0.658. The van der Waals surface area contributed by atoms with Gasteiger partial charge in [-0.3, -0.25) is 23.7 Å². The van der Waals surface area contributed by atoms with Crippen LogP contribution in [0, 0.1) is 0 Å². The zero-order valence-electron chi connectivity index (χ0n) is 11.7. The highest BCUT2D eigenvalue weighted by Gasteiger charge is 2.18. The Labute approximate surface area is 124 Å². The fourth-order valence-corrected chi connectivity index (χ4v) is 1.76. The molecule has 0 radical (unpaired) electrons. The van der Waals surface area contributed by atoms with Gasteiger partial charge in [0.1, 0.15) is 6.54 Å². The molecule has 2 amide bonds. The highest BCUT2D eigenvalue weighted by atomic mass is 16.4. The van der Waals surface area contributed by atoms with Gasteiger partial charge in [0.15, 0.2) is 5.69 Å². The van der Waals surface area contributed by atoms with E-state index in [2.05, 4.69) is 15.5 Å². The van der Waals surface area contributed by atoms with Crippen molar-refractivity contribution in [2.45, 2.75) is 20.0 Å². The van der Waals surface area contributed by atoms with Crippen LogP contribution in [-0.2, 0) is 17.9 Å². The predicted molar refractivity (Wildman–Crippen MR) is 74.2 cm³/mol.